The molecule has 2 N–H and O–H groups in total. The van der Waals surface area contributed by atoms with Crippen LogP contribution in [0.2, 0.25) is 4.44 Å². The van der Waals surface area contributed by atoms with Crippen molar-refractivity contribution in [2.75, 3.05) is 0 Å². The monoisotopic (exact) mass is 251 g/mol. The molecule has 3 heteroatoms. The Morgan fingerprint density at radius 1 is 1.50 bits per heavy atom. The van der Waals surface area contributed by atoms with Gasteiger partial charge in [-0.15, -0.1) is 0 Å². The average Bonchev–Trinajstić information content (AvgIpc) is 1.91. The summed E-state index contributed by atoms with van der Waals surface area (Å²) in [5.41, 5.74) is 4.65. The van der Waals surface area contributed by atoms with Gasteiger partial charge in [-0.25, -0.2) is 0 Å². The molecule has 0 aromatic carbocycles. The van der Waals surface area contributed by atoms with Crippen LogP contribution < -0.4 is 5.73 Å². The van der Waals surface area contributed by atoms with E-state index in [1.165, 1.54) is 39.8 Å². The third-order valence-corrected chi connectivity index (χ3v) is 2.07. The standard InChI is InChI=1S/C4H9.C3H7NO.Sn.H/c1-3-4-2;1-2-3(4)5;;/h1,3-4H2,2H3;2H2,1H3,(H2,4,5);;. The molecule has 2 radical (unpaired) electrons. The Morgan fingerprint density at radius 3 is 1.90 bits per heavy atom. The second-order valence-corrected chi connectivity index (χ2v) is 3.61. The van der Waals surface area contributed by atoms with Crippen LogP contribution in [0.3, 0.4) is 0 Å². The summed E-state index contributed by atoms with van der Waals surface area (Å²) in [6, 6.07) is 0. The molecule has 0 unspecified atom stereocenters. The summed E-state index contributed by atoms with van der Waals surface area (Å²) in [6.45, 7) is 3.96. The zero-order valence-electron chi connectivity index (χ0n) is 6.89. The summed E-state index contributed by atoms with van der Waals surface area (Å²) in [5, 5.41) is 0. The number of carbonyl (C=O) groups is 1. The van der Waals surface area contributed by atoms with Crippen molar-refractivity contribution in [2.45, 2.75) is 37.5 Å². The van der Waals surface area contributed by atoms with Gasteiger partial charge >= 0.3 is 46.7 Å². The molecule has 0 aliphatic carbocycles. The number of amides is 1. The summed E-state index contributed by atoms with van der Waals surface area (Å²) in [5.74, 6) is -0.245. The molecule has 10 heavy (non-hydrogen) atoms. The van der Waals surface area contributed by atoms with Crippen LogP contribution in [0, 0.1) is 0 Å². The molecule has 0 heterocycles. The summed E-state index contributed by atoms with van der Waals surface area (Å²) < 4.78 is 1.47. The molecule has 0 aromatic rings. The van der Waals surface area contributed by atoms with Crippen molar-refractivity contribution in [2.24, 2.45) is 5.73 Å². The average molecular weight is 250 g/mol. The zero-order valence-corrected chi connectivity index (χ0v) is 10.2. The van der Waals surface area contributed by atoms with Crippen LogP contribution in [0.25, 0.3) is 0 Å². The van der Waals surface area contributed by atoms with Crippen molar-refractivity contribution in [1.82, 2.24) is 0 Å². The van der Waals surface area contributed by atoms with E-state index in [1.54, 1.807) is 6.92 Å². The molecule has 0 aromatic heterocycles. The van der Waals surface area contributed by atoms with Crippen LogP contribution in [0.4, 0.5) is 0 Å². The summed E-state index contributed by atoms with van der Waals surface area (Å²) in [7, 11) is 0. The van der Waals surface area contributed by atoms with Crippen LogP contribution in [0.1, 0.15) is 33.1 Å². The molecule has 0 saturated carbocycles. The summed E-state index contributed by atoms with van der Waals surface area (Å²) >= 11 is 1.45. The fourth-order valence-electron chi connectivity index (χ4n) is 0.204. The number of carbonyl (C=O) groups excluding carboxylic acids is 1. The van der Waals surface area contributed by atoms with Gasteiger partial charge in [0.1, 0.15) is 0 Å². The van der Waals surface area contributed by atoms with Crippen LogP contribution in [0.5, 0.6) is 0 Å². The van der Waals surface area contributed by atoms with E-state index in [2.05, 4.69) is 12.7 Å². The first-order valence-corrected chi connectivity index (χ1v) is 6.00. The number of hydrogen-bond donors (Lipinski definition) is 1. The minimum absolute atomic E-state index is 0.245. The van der Waals surface area contributed by atoms with E-state index in [9.17, 15) is 4.79 Å². The maximum absolute atomic E-state index is 9.59. The first-order valence-electron chi connectivity index (χ1n) is 3.67. The third kappa shape index (κ3) is 24.0. The topological polar surface area (TPSA) is 43.1 Å². The molecule has 0 bridgehead atoms. The van der Waals surface area contributed by atoms with Crippen LogP contribution in [0.15, 0.2) is 0 Å². The third-order valence-electron chi connectivity index (χ3n) is 0.906. The molecule has 0 aliphatic rings. The van der Waals surface area contributed by atoms with Crippen LogP contribution in [-0.2, 0) is 4.79 Å². The first kappa shape index (κ1) is 12.9. The molecule has 0 spiro atoms. The fraction of sp³-hybridized carbons (Fsp3) is 0.857. The van der Waals surface area contributed by atoms with Gasteiger partial charge in [-0.2, -0.15) is 0 Å². The van der Waals surface area contributed by atoms with Crippen molar-refractivity contribution in [3.05, 3.63) is 0 Å². The van der Waals surface area contributed by atoms with E-state index in [0.29, 0.717) is 6.42 Å². The molecule has 1 amide bonds. The van der Waals surface area contributed by atoms with Gasteiger partial charge in [-0.3, -0.25) is 4.79 Å². The van der Waals surface area contributed by atoms with Crippen LogP contribution >= 0.6 is 0 Å². The van der Waals surface area contributed by atoms with Crippen molar-refractivity contribution in [3.63, 3.8) is 0 Å². The number of rotatable bonds is 3. The zero-order chi connectivity index (χ0) is 8.41. The van der Waals surface area contributed by atoms with Gasteiger partial charge in [0.15, 0.2) is 0 Å². The first-order chi connectivity index (χ1) is 4.68. The minimum atomic E-state index is -0.245. The van der Waals surface area contributed by atoms with Gasteiger partial charge in [0.05, 0.1) is 0 Å². The van der Waals surface area contributed by atoms with E-state index in [4.69, 9.17) is 0 Å². The van der Waals surface area contributed by atoms with Gasteiger partial charge in [-0.05, 0) is 0 Å². The molecule has 0 aliphatic heterocycles. The molecular formula is C7H17NOSn. The van der Waals surface area contributed by atoms with E-state index in [0.717, 1.165) is 0 Å². The molecule has 0 saturated heterocycles. The number of unbranched alkanes of at least 4 members (excludes halogenated alkanes) is 1. The summed E-state index contributed by atoms with van der Waals surface area (Å²) in [4.78, 5) is 9.59. The predicted octanol–water partition coefficient (Wildman–Crippen LogP) is 0.987. The van der Waals surface area contributed by atoms with Crippen LogP contribution in [-0.4, -0.2) is 28.4 Å². The van der Waals surface area contributed by atoms with Gasteiger partial charge in [0, 0.05) is 6.42 Å². The number of nitrogens with two attached hydrogens (primary N) is 1. The van der Waals surface area contributed by atoms with Crippen molar-refractivity contribution in [3.8, 4) is 0 Å². The Hall–Kier alpha value is 0.269. The van der Waals surface area contributed by atoms with Crippen molar-refractivity contribution >= 4 is 28.4 Å². The van der Waals surface area contributed by atoms with E-state index in [-0.39, 0.29) is 5.91 Å². The Morgan fingerprint density at radius 2 is 1.90 bits per heavy atom. The Kier molecular flexibility index (Phi) is 15.5. The maximum atomic E-state index is 9.59. The van der Waals surface area contributed by atoms with Gasteiger partial charge < -0.3 is 5.73 Å². The second kappa shape index (κ2) is 12.0. The second-order valence-electron chi connectivity index (χ2n) is 1.96. The SMILES string of the molecule is CCC(N)=O.CCC[CH2][SnH]. The number of hydrogen-bond acceptors (Lipinski definition) is 1. The van der Waals surface area contributed by atoms with E-state index in [1.807, 2.05) is 0 Å². The van der Waals surface area contributed by atoms with Crippen molar-refractivity contribution < 1.29 is 4.79 Å². The molecule has 0 fully saturated rings. The van der Waals surface area contributed by atoms with Gasteiger partial charge in [0.25, 0.3) is 0 Å². The predicted molar refractivity (Wildman–Crippen MR) is 46.3 cm³/mol. The van der Waals surface area contributed by atoms with E-state index >= 15 is 0 Å². The van der Waals surface area contributed by atoms with E-state index < -0.39 is 0 Å². The molecule has 0 atom stereocenters. The molecule has 0 rings (SSSR count). The van der Waals surface area contributed by atoms with Crippen molar-refractivity contribution in [1.29, 1.82) is 0 Å². The molecule has 2 nitrogen and oxygen atoms in total. The molecular weight excluding hydrogens is 233 g/mol. The van der Waals surface area contributed by atoms with Gasteiger partial charge in [-0.1, -0.05) is 6.92 Å². The summed E-state index contributed by atoms with van der Waals surface area (Å²) in [6.07, 6.45) is 3.27. The number of primary amides is 1. The fourth-order valence-corrected chi connectivity index (χ4v) is 1.37. The Bertz CT molecular complexity index is 74.0. The van der Waals surface area contributed by atoms with Gasteiger partial charge in [0.2, 0.25) is 5.91 Å². The molecule has 60 valence electrons. The Labute approximate surface area is 76.6 Å². The normalized spacial score (nSPS) is 7.90. The Balaban J connectivity index is 0. The quantitative estimate of drug-likeness (QED) is 0.745.